The van der Waals surface area contributed by atoms with Gasteiger partial charge in [0, 0.05) is 6.54 Å². The lowest BCUT2D eigenvalue weighted by Gasteiger charge is -2.18. The summed E-state index contributed by atoms with van der Waals surface area (Å²) in [4.78, 5) is 24.5. The number of carbonyl (C=O) groups is 2. The quantitative estimate of drug-likeness (QED) is 0.0961. The highest BCUT2D eigenvalue weighted by Gasteiger charge is 2.20. The van der Waals surface area contributed by atoms with Crippen LogP contribution in [0, 0.1) is 5.82 Å². The third kappa shape index (κ3) is 8.33. The summed E-state index contributed by atoms with van der Waals surface area (Å²) in [6.45, 7) is 1.05. The number of esters is 1. The number of carbonyl (C=O) groups excluding carboxylic acids is 1. The van der Waals surface area contributed by atoms with Gasteiger partial charge in [-0.15, -0.1) is 0 Å². The molecule has 40 heavy (non-hydrogen) atoms. The molecule has 0 amide bonds. The number of ether oxygens (including phenoxy) is 2. The summed E-state index contributed by atoms with van der Waals surface area (Å²) < 4.78 is 24.9. The summed E-state index contributed by atoms with van der Waals surface area (Å²) in [5.41, 5.74) is 2.26. The van der Waals surface area contributed by atoms with Crippen molar-refractivity contribution in [3.63, 3.8) is 0 Å². The Balaban J connectivity index is 1.25. The summed E-state index contributed by atoms with van der Waals surface area (Å²) in [5, 5.41) is 15.9. The summed E-state index contributed by atoms with van der Waals surface area (Å²) in [6.07, 6.45) is 1.53. The highest BCUT2D eigenvalue weighted by Crippen LogP contribution is 2.26. The molecule has 0 heterocycles. The van der Waals surface area contributed by atoms with Crippen molar-refractivity contribution < 1.29 is 28.6 Å². The molecule has 4 aromatic carbocycles. The molecule has 0 aliphatic carbocycles. The molecule has 0 aliphatic heterocycles. The van der Waals surface area contributed by atoms with Gasteiger partial charge in [-0.25, -0.2) is 14.0 Å². The average molecular weight is 543 g/mol. The lowest BCUT2D eigenvalue weighted by atomic mass is 10.0. The van der Waals surface area contributed by atoms with E-state index in [4.69, 9.17) is 9.47 Å². The number of para-hydroxylation sites is 3. The zero-order valence-corrected chi connectivity index (χ0v) is 21.9. The summed E-state index contributed by atoms with van der Waals surface area (Å²) in [7, 11) is 0. The number of aryl methyl sites for hydroxylation is 1. The Bertz CT molecular complexity index is 1400. The van der Waals surface area contributed by atoms with Gasteiger partial charge in [0.25, 0.3) is 0 Å². The molecule has 8 heteroatoms. The molecular formula is C32H31FN2O5. The Morgan fingerprint density at radius 3 is 2.23 bits per heavy atom. The van der Waals surface area contributed by atoms with Crippen LogP contribution in [0.2, 0.25) is 0 Å². The van der Waals surface area contributed by atoms with Gasteiger partial charge >= 0.3 is 11.9 Å². The minimum Gasteiger partial charge on any atom is -0.494 e. The molecule has 0 radical (unpaired) electrons. The van der Waals surface area contributed by atoms with Crippen molar-refractivity contribution in [3.05, 3.63) is 120 Å². The van der Waals surface area contributed by atoms with Crippen LogP contribution < -0.4 is 20.1 Å². The number of rotatable bonds is 14. The molecule has 1 unspecified atom stereocenters. The minimum absolute atomic E-state index is 0.258. The standard InChI is InChI=1S/C32H31FN2O5/c33-26-11-4-5-12-27(26)34-21-8-22-39-25-18-15-23(16-19-25)17-20-29(31(36)37)35-28-13-6-7-14-30(28)40-32(38)24-9-2-1-3-10-24/h1-7,9-16,18-19,29,34-35H,8,17,20-22H2,(H,36,37). The smallest absolute Gasteiger partial charge is 0.343 e. The van der Waals surface area contributed by atoms with Crippen molar-refractivity contribution in [1.82, 2.24) is 0 Å². The van der Waals surface area contributed by atoms with Crippen molar-refractivity contribution in [2.24, 2.45) is 0 Å². The highest BCUT2D eigenvalue weighted by molar-refractivity contribution is 5.92. The molecule has 0 saturated carbocycles. The van der Waals surface area contributed by atoms with Crippen molar-refractivity contribution in [1.29, 1.82) is 0 Å². The van der Waals surface area contributed by atoms with E-state index in [1.54, 1.807) is 72.8 Å². The van der Waals surface area contributed by atoms with Crippen molar-refractivity contribution >= 4 is 23.3 Å². The number of carboxylic acid groups (broad SMARTS) is 1. The maximum atomic E-state index is 13.6. The molecule has 7 nitrogen and oxygen atoms in total. The fourth-order valence-corrected chi connectivity index (χ4v) is 4.01. The first-order valence-corrected chi connectivity index (χ1v) is 13.1. The van der Waals surface area contributed by atoms with E-state index in [2.05, 4.69) is 10.6 Å². The monoisotopic (exact) mass is 542 g/mol. The van der Waals surface area contributed by atoms with Crippen LogP contribution in [0.3, 0.4) is 0 Å². The van der Waals surface area contributed by atoms with Crippen molar-refractivity contribution in [3.8, 4) is 11.5 Å². The molecule has 206 valence electrons. The first-order chi connectivity index (χ1) is 19.5. The maximum absolute atomic E-state index is 13.6. The topological polar surface area (TPSA) is 96.9 Å². The van der Waals surface area contributed by atoms with Gasteiger partial charge < -0.3 is 25.2 Å². The van der Waals surface area contributed by atoms with Gasteiger partial charge in [0.2, 0.25) is 0 Å². The fraction of sp³-hybridized carbons (Fsp3) is 0.188. The van der Waals surface area contributed by atoms with E-state index in [9.17, 15) is 19.1 Å². The number of nitrogens with one attached hydrogen (secondary N) is 2. The van der Waals surface area contributed by atoms with E-state index in [1.807, 2.05) is 24.3 Å². The van der Waals surface area contributed by atoms with Gasteiger partial charge in [-0.3, -0.25) is 0 Å². The first-order valence-electron chi connectivity index (χ1n) is 13.1. The molecule has 0 saturated heterocycles. The van der Waals surface area contributed by atoms with Gasteiger partial charge in [0.05, 0.1) is 23.5 Å². The number of hydrogen-bond acceptors (Lipinski definition) is 6. The first kappa shape index (κ1) is 28.2. The molecule has 4 rings (SSSR count). The van der Waals surface area contributed by atoms with E-state index >= 15 is 0 Å². The molecule has 3 N–H and O–H groups in total. The van der Waals surface area contributed by atoms with Crippen LogP contribution in [0.15, 0.2) is 103 Å². The highest BCUT2D eigenvalue weighted by atomic mass is 19.1. The molecular weight excluding hydrogens is 511 g/mol. The zero-order chi connectivity index (χ0) is 28.2. The Morgan fingerprint density at radius 1 is 0.825 bits per heavy atom. The SMILES string of the molecule is O=C(Oc1ccccc1NC(CCc1ccc(OCCCNc2ccccc2F)cc1)C(=O)O)c1ccccc1. The van der Waals surface area contributed by atoms with Crippen LogP contribution in [0.25, 0.3) is 0 Å². The molecule has 1 atom stereocenters. The second-order valence-electron chi connectivity index (χ2n) is 9.08. The Morgan fingerprint density at radius 2 is 1.50 bits per heavy atom. The normalized spacial score (nSPS) is 11.3. The largest absolute Gasteiger partial charge is 0.494 e. The lowest BCUT2D eigenvalue weighted by Crippen LogP contribution is -2.30. The molecule has 4 aromatic rings. The number of carboxylic acids is 1. The zero-order valence-electron chi connectivity index (χ0n) is 21.9. The van der Waals surface area contributed by atoms with E-state index in [0.717, 1.165) is 5.56 Å². The van der Waals surface area contributed by atoms with Gasteiger partial charge in [-0.05, 0) is 73.4 Å². The van der Waals surface area contributed by atoms with Crippen molar-refractivity contribution in [2.75, 3.05) is 23.8 Å². The number of halogens is 1. The van der Waals surface area contributed by atoms with Gasteiger partial charge in [-0.2, -0.15) is 0 Å². The molecule has 0 spiro atoms. The lowest BCUT2D eigenvalue weighted by molar-refractivity contribution is -0.138. The van der Waals surface area contributed by atoms with Gasteiger partial charge in [0.15, 0.2) is 5.75 Å². The van der Waals surface area contributed by atoms with Gasteiger partial charge in [0.1, 0.15) is 17.6 Å². The Hall–Kier alpha value is -4.85. The summed E-state index contributed by atoms with van der Waals surface area (Å²) in [6, 6.07) is 28.5. The Kier molecular flexibility index (Phi) is 10.1. The van der Waals surface area contributed by atoms with Crippen LogP contribution in [-0.4, -0.2) is 36.2 Å². The third-order valence-corrected chi connectivity index (χ3v) is 6.15. The maximum Gasteiger partial charge on any atom is 0.343 e. The van der Waals surface area contributed by atoms with E-state index in [-0.39, 0.29) is 11.6 Å². The van der Waals surface area contributed by atoms with Gasteiger partial charge in [-0.1, -0.05) is 54.6 Å². The second-order valence-corrected chi connectivity index (χ2v) is 9.08. The van der Waals surface area contributed by atoms with Crippen LogP contribution >= 0.6 is 0 Å². The van der Waals surface area contributed by atoms with E-state index in [0.29, 0.717) is 55.1 Å². The third-order valence-electron chi connectivity index (χ3n) is 6.15. The van der Waals surface area contributed by atoms with Crippen molar-refractivity contribution in [2.45, 2.75) is 25.3 Å². The minimum atomic E-state index is -1.01. The molecule has 0 aliphatic rings. The fourth-order valence-electron chi connectivity index (χ4n) is 4.01. The predicted octanol–water partition coefficient (Wildman–Crippen LogP) is 6.42. The number of anilines is 2. The summed E-state index contributed by atoms with van der Waals surface area (Å²) >= 11 is 0. The van der Waals surface area contributed by atoms with Crippen LogP contribution in [0.4, 0.5) is 15.8 Å². The van der Waals surface area contributed by atoms with E-state index in [1.165, 1.54) is 6.07 Å². The van der Waals surface area contributed by atoms with Crippen LogP contribution in [-0.2, 0) is 11.2 Å². The van der Waals surface area contributed by atoms with Crippen LogP contribution in [0.5, 0.6) is 11.5 Å². The number of hydrogen-bond donors (Lipinski definition) is 3. The second kappa shape index (κ2) is 14.3. The van der Waals surface area contributed by atoms with E-state index < -0.39 is 18.0 Å². The van der Waals surface area contributed by atoms with Crippen LogP contribution in [0.1, 0.15) is 28.8 Å². The average Bonchev–Trinajstić information content (AvgIpc) is 2.97. The summed E-state index contributed by atoms with van der Waals surface area (Å²) in [5.74, 6) is -0.849. The molecule has 0 fully saturated rings. The number of aliphatic carboxylic acids is 1. The Labute approximate surface area is 232 Å². The molecule has 0 bridgehead atoms. The number of benzene rings is 4. The predicted molar refractivity (Wildman–Crippen MR) is 153 cm³/mol. The molecule has 0 aromatic heterocycles.